The summed E-state index contributed by atoms with van der Waals surface area (Å²) in [7, 11) is 1.41. The highest BCUT2D eigenvalue weighted by Crippen LogP contribution is 2.38. The molecule has 0 saturated heterocycles. The minimum absolute atomic E-state index is 0.0239. The summed E-state index contributed by atoms with van der Waals surface area (Å²) < 4.78 is 15.8. The molecule has 7 nitrogen and oxygen atoms in total. The Bertz CT molecular complexity index is 774. The smallest absolute Gasteiger partial charge is 0.340 e. The molecule has 0 radical (unpaired) electrons. The number of methoxy groups -OCH3 is 1. The number of aliphatic hydroxyl groups is 1. The Morgan fingerprint density at radius 2 is 2.17 bits per heavy atom. The average molecular weight is 329 g/mol. The maximum atomic E-state index is 12.0. The van der Waals surface area contributed by atoms with Crippen molar-refractivity contribution >= 4 is 12.3 Å². The zero-order valence-corrected chi connectivity index (χ0v) is 12.9. The molecule has 1 aliphatic heterocycles. The van der Waals surface area contributed by atoms with Crippen LogP contribution in [0.25, 0.3) is 0 Å². The Morgan fingerprint density at radius 1 is 1.42 bits per heavy atom. The highest BCUT2D eigenvalue weighted by Gasteiger charge is 2.31. The quantitative estimate of drug-likeness (QED) is 0.656. The largest absolute Gasteiger partial charge is 0.492 e. The third-order valence-electron chi connectivity index (χ3n) is 3.70. The van der Waals surface area contributed by atoms with Gasteiger partial charge in [-0.15, -0.1) is 0 Å². The maximum Gasteiger partial charge on any atom is 0.340 e. The molecule has 0 fully saturated rings. The topological polar surface area (TPSA) is 95.0 Å². The van der Waals surface area contributed by atoms with Gasteiger partial charge in [-0.05, 0) is 29.3 Å². The predicted molar refractivity (Wildman–Crippen MR) is 82.1 cm³/mol. The zero-order valence-electron chi connectivity index (χ0n) is 12.9. The first-order chi connectivity index (χ1) is 11.6. The molecule has 7 heteroatoms. The minimum atomic E-state index is -1.28. The number of nitrogens with zero attached hydrogens (tertiary/aromatic N) is 1. The standard InChI is InChI=1S/C17H15NO6/c1-22-16-13(8-19)11-7-15(20)24-17(21)12(11)6-14(16)23-9-10-2-4-18-5-3-10/h2-6,8,15,20H,7,9H2,1H3. The number of aliphatic hydroxyl groups excluding tert-OH is 1. The van der Waals surface area contributed by atoms with Gasteiger partial charge in [-0.1, -0.05) is 0 Å². The molecule has 0 amide bonds. The number of ether oxygens (including phenoxy) is 3. The van der Waals surface area contributed by atoms with Gasteiger partial charge < -0.3 is 19.3 Å². The number of esters is 1. The fraction of sp³-hybridized carbons (Fsp3) is 0.235. The summed E-state index contributed by atoms with van der Waals surface area (Å²) in [6.45, 7) is 0.216. The minimum Gasteiger partial charge on any atom is -0.492 e. The third-order valence-corrected chi connectivity index (χ3v) is 3.70. The van der Waals surface area contributed by atoms with Gasteiger partial charge in [0.2, 0.25) is 6.29 Å². The average Bonchev–Trinajstić information content (AvgIpc) is 2.59. The van der Waals surface area contributed by atoms with Crippen molar-refractivity contribution in [1.82, 2.24) is 4.98 Å². The van der Waals surface area contributed by atoms with Crippen molar-refractivity contribution in [1.29, 1.82) is 0 Å². The number of aldehydes is 1. The molecule has 24 heavy (non-hydrogen) atoms. The van der Waals surface area contributed by atoms with Gasteiger partial charge in [0.05, 0.1) is 18.2 Å². The molecule has 0 spiro atoms. The Balaban J connectivity index is 2.01. The van der Waals surface area contributed by atoms with Crippen LogP contribution in [0, 0.1) is 0 Å². The van der Waals surface area contributed by atoms with Crippen molar-refractivity contribution in [2.45, 2.75) is 19.3 Å². The van der Waals surface area contributed by atoms with E-state index in [1.54, 1.807) is 24.5 Å². The molecular weight excluding hydrogens is 314 g/mol. The molecule has 2 aromatic rings. The number of carbonyl (C=O) groups is 2. The SMILES string of the molecule is COc1c(OCc2ccncc2)cc2c(c1C=O)CC(O)OC2=O. The van der Waals surface area contributed by atoms with E-state index >= 15 is 0 Å². The number of aromatic nitrogens is 1. The summed E-state index contributed by atoms with van der Waals surface area (Å²) in [6.07, 6.45) is 2.60. The summed E-state index contributed by atoms with van der Waals surface area (Å²) in [5, 5.41) is 9.59. The Labute approximate surface area is 137 Å². The number of carbonyl (C=O) groups excluding carboxylic acids is 2. The lowest BCUT2D eigenvalue weighted by Gasteiger charge is -2.24. The van der Waals surface area contributed by atoms with Gasteiger partial charge in [0.25, 0.3) is 0 Å². The predicted octanol–water partition coefficient (Wildman–Crippen LogP) is 1.51. The van der Waals surface area contributed by atoms with Crippen LogP contribution in [0.2, 0.25) is 0 Å². The number of fused-ring (bicyclic) bond motifs is 1. The van der Waals surface area contributed by atoms with Crippen LogP contribution in [-0.4, -0.2) is 35.7 Å². The van der Waals surface area contributed by atoms with Crippen molar-refractivity contribution in [3.63, 3.8) is 0 Å². The van der Waals surface area contributed by atoms with E-state index in [1.165, 1.54) is 13.2 Å². The second-order valence-corrected chi connectivity index (χ2v) is 5.17. The number of rotatable bonds is 5. The van der Waals surface area contributed by atoms with E-state index in [4.69, 9.17) is 14.2 Å². The molecule has 1 aromatic heterocycles. The van der Waals surface area contributed by atoms with Crippen molar-refractivity contribution < 1.29 is 28.9 Å². The molecule has 1 aromatic carbocycles. The van der Waals surface area contributed by atoms with E-state index in [2.05, 4.69) is 4.98 Å². The van der Waals surface area contributed by atoms with E-state index < -0.39 is 12.3 Å². The molecule has 1 N–H and O–H groups in total. The fourth-order valence-electron chi connectivity index (χ4n) is 2.59. The monoisotopic (exact) mass is 329 g/mol. The van der Waals surface area contributed by atoms with Crippen molar-refractivity contribution in [3.05, 3.63) is 52.8 Å². The van der Waals surface area contributed by atoms with Gasteiger partial charge in [-0.3, -0.25) is 9.78 Å². The van der Waals surface area contributed by atoms with Gasteiger partial charge in [0.1, 0.15) is 6.61 Å². The van der Waals surface area contributed by atoms with E-state index in [9.17, 15) is 14.7 Å². The first-order valence-electron chi connectivity index (χ1n) is 7.23. The number of hydrogen-bond donors (Lipinski definition) is 1. The lowest BCUT2D eigenvalue weighted by molar-refractivity contribution is -0.0688. The normalized spacial score (nSPS) is 16.1. The zero-order chi connectivity index (χ0) is 17.1. The third kappa shape index (κ3) is 2.93. The number of benzene rings is 1. The first-order valence-corrected chi connectivity index (χ1v) is 7.23. The van der Waals surface area contributed by atoms with Crippen LogP contribution < -0.4 is 9.47 Å². The van der Waals surface area contributed by atoms with Crippen LogP contribution in [0.4, 0.5) is 0 Å². The molecule has 3 rings (SSSR count). The molecule has 0 aliphatic carbocycles. The summed E-state index contributed by atoms with van der Waals surface area (Å²) >= 11 is 0. The van der Waals surface area contributed by atoms with Crippen LogP contribution in [0.3, 0.4) is 0 Å². The Morgan fingerprint density at radius 3 is 2.83 bits per heavy atom. The van der Waals surface area contributed by atoms with E-state index in [-0.39, 0.29) is 35.7 Å². The number of hydrogen-bond acceptors (Lipinski definition) is 7. The Hall–Kier alpha value is -2.93. The maximum absolute atomic E-state index is 12.0. The molecule has 2 heterocycles. The van der Waals surface area contributed by atoms with Gasteiger partial charge >= 0.3 is 5.97 Å². The molecule has 1 aliphatic rings. The fourth-order valence-corrected chi connectivity index (χ4v) is 2.59. The Kier molecular flexibility index (Phi) is 4.43. The molecule has 1 atom stereocenters. The van der Waals surface area contributed by atoms with Crippen LogP contribution in [0.15, 0.2) is 30.6 Å². The van der Waals surface area contributed by atoms with Gasteiger partial charge in [0.15, 0.2) is 17.8 Å². The van der Waals surface area contributed by atoms with E-state index in [0.717, 1.165) is 5.56 Å². The van der Waals surface area contributed by atoms with Crippen LogP contribution in [0.1, 0.15) is 31.8 Å². The van der Waals surface area contributed by atoms with Crippen LogP contribution in [0.5, 0.6) is 11.5 Å². The molecule has 124 valence electrons. The second kappa shape index (κ2) is 6.67. The highest BCUT2D eigenvalue weighted by atomic mass is 16.6. The van der Waals surface area contributed by atoms with Crippen molar-refractivity contribution in [2.75, 3.05) is 7.11 Å². The molecule has 1 unspecified atom stereocenters. The molecule has 0 bridgehead atoms. The second-order valence-electron chi connectivity index (χ2n) is 5.17. The summed E-state index contributed by atoms with van der Waals surface area (Å²) in [5.74, 6) is -0.230. The number of cyclic esters (lactones) is 1. The van der Waals surface area contributed by atoms with Crippen LogP contribution in [-0.2, 0) is 17.8 Å². The number of pyridine rings is 1. The van der Waals surface area contributed by atoms with Crippen LogP contribution >= 0.6 is 0 Å². The summed E-state index contributed by atoms with van der Waals surface area (Å²) in [5.41, 5.74) is 1.63. The lowest BCUT2D eigenvalue weighted by Crippen LogP contribution is -2.28. The van der Waals surface area contributed by atoms with Crippen molar-refractivity contribution in [3.8, 4) is 11.5 Å². The van der Waals surface area contributed by atoms with Gasteiger partial charge in [-0.25, -0.2) is 4.79 Å². The van der Waals surface area contributed by atoms with E-state index in [0.29, 0.717) is 11.8 Å². The first kappa shape index (κ1) is 15.9. The highest BCUT2D eigenvalue weighted by molar-refractivity contribution is 5.97. The lowest BCUT2D eigenvalue weighted by atomic mass is 9.95. The van der Waals surface area contributed by atoms with Gasteiger partial charge in [0, 0.05) is 18.8 Å². The molecular formula is C17H15NO6. The summed E-state index contributed by atoms with van der Waals surface area (Å²) in [4.78, 5) is 27.4. The van der Waals surface area contributed by atoms with Gasteiger partial charge in [-0.2, -0.15) is 0 Å². The molecule has 0 saturated carbocycles. The summed E-state index contributed by atoms with van der Waals surface area (Å²) in [6, 6.07) is 5.04. The van der Waals surface area contributed by atoms with Crippen molar-refractivity contribution in [2.24, 2.45) is 0 Å². The van der Waals surface area contributed by atoms with E-state index in [1.807, 2.05) is 0 Å².